The molecule has 0 aliphatic carbocycles. The van der Waals surface area contributed by atoms with E-state index in [0.717, 1.165) is 18.2 Å². The van der Waals surface area contributed by atoms with E-state index in [-0.39, 0.29) is 11.1 Å². The summed E-state index contributed by atoms with van der Waals surface area (Å²) < 4.78 is 63.9. The molecule has 2 aromatic rings. The summed E-state index contributed by atoms with van der Waals surface area (Å²) in [5.41, 5.74) is -0.364. The maximum atomic E-state index is 11.6. The van der Waals surface area contributed by atoms with Gasteiger partial charge in [-0.1, -0.05) is 18.2 Å². The molecule has 0 atom stereocenters. The fourth-order valence-corrected chi connectivity index (χ4v) is 3.57. The van der Waals surface area contributed by atoms with Gasteiger partial charge in [0.15, 0.2) is 0 Å². The maximum absolute atomic E-state index is 11.6. The summed E-state index contributed by atoms with van der Waals surface area (Å²) in [7, 11) is -9.28. The number of hydrogen-bond donors (Lipinski definition) is 3. The third-order valence-corrected chi connectivity index (χ3v) is 5.05. The molecule has 24 heavy (non-hydrogen) atoms. The van der Waals surface area contributed by atoms with Crippen LogP contribution < -0.4 is 0 Å². The first-order chi connectivity index (χ1) is 10.9. The molecule has 0 fully saturated rings. The van der Waals surface area contributed by atoms with Gasteiger partial charge >= 0.3 is 5.97 Å². The summed E-state index contributed by atoms with van der Waals surface area (Å²) in [6, 6.07) is 6.69. The predicted molar refractivity (Wildman–Crippen MR) is 83.2 cm³/mol. The van der Waals surface area contributed by atoms with Crippen LogP contribution in [0.5, 0.6) is 0 Å². The summed E-state index contributed by atoms with van der Waals surface area (Å²) in [5, 5.41) is 9.31. The van der Waals surface area contributed by atoms with E-state index < -0.39 is 41.6 Å². The van der Waals surface area contributed by atoms with Crippen molar-refractivity contribution in [1.29, 1.82) is 0 Å². The number of carboxylic acids is 1. The summed E-state index contributed by atoms with van der Waals surface area (Å²) >= 11 is 0. The summed E-state index contributed by atoms with van der Waals surface area (Å²) in [6.45, 7) is 1.51. The van der Waals surface area contributed by atoms with Crippen molar-refractivity contribution < 1.29 is 35.8 Å². The van der Waals surface area contributed by atoms with Crippen molar-refractivity contribution in [1.82, 2.24) is 0 Å². The molecule has 0 aliphatic rings. The highest BCUT2D eigenvalue weighted by Gasteiger charge is 2.24. The van der Waals surface area contributed by atoms with Gasteiger partial charge in [-0.25, -0.2) is 4.79 Å². The minimum Gasteiger partial charge on any atom is -0.478 e. The van der Waals surface area contributed by atoms with E-state index in [1.807, 2.05) is 0 Å². The minimum atomic E-state index is -4.65. The van der Waals surface area contributed by atoms with Gasteiger partial charge < -0.3 is 5.11 Å². The molecule has 3 N–H and O–H groups in total. The summed E-state index contributed by atoms with van der Waals surface area (Å²) in [4.78, 5) is 10.3. The zero-order chi connectivity index (χ0) is 18.3. The Balaban J connectivity index is 2.92. The number of carboxylic acid groups (broad SMARTS) is 1. The normalized spacial score (nSPS) is 12.1. The molecule has 10 heteroatoms. The Kier molecular flexibility index (Phi) is 4.50. The lowest BCUT2D eigenvalue weighted by Gasteiger charge is -2.14. The first-order valence-electron chi connectivity index (χ1n) is 6.35. The molecule has 0 spiro atoms. The number of carbonyl (C=O) groups is 1. The Hall–Kier alpha value is -2.27. The zero-order valence-electron chi connectivity index (χ0n) is 12.2. The summed E-state index contributed by atoms with van der Waals surface area (Å²) in [5.74, 6) is -1.53. The van der Waals surface area contributed by atoms with Gasteiger partial charge in [0, 0.05) is 5.56 Å². The molecule has 0 bridgehead atoms. The average Bonchev–Trinajstić information content (AvgIpc) is 2.44. The molecule has 2 aromatic carbocycles. The van der Waals surface area contributed by atoms with Gasteiger partial charge in [0.2, 0.25) is 0 Å². The zero-order valence-corrected chi connectivity index (χ0v) is 13.8. The van der Waals surface area contributed by atoms with Crippen molar-refractivity contribution in [2.75, 3.05) is 0 Å². The smallest absolute Gasteiger partial charge is 0.336 e. The van der Waals surface area contributed by atoms with Crippen molar-refractivity contribution in [3.8, 4) is 11.1 Å². The first-order valence-corrected chi connectivity index (χ1v) is 9.23. The maximum Gasteiger partial charge on any atom is 0.336 e. The molecule has 0 aliphatic heterocycles. The standard InChI is InChI=1S/C14H12O8S2/c1-8-3-2-4-12(24(20,21)22)13(8)10-6-5-9(23(17,18)19)7-11(10)14(15)16/h2-7H,1H3,(H,15,16)(H,17,18,19)(H,20,21,22). The molecule has 0 radical (unpaired) electrons. The number of aromatic carboxylic acids is 1. The Morgan fingerprint density at radius 3 is 2.08 bits per heavy atom. The van der Waals surface area contributed by atoms with Gasteiger partial charge in [0.1, 0.15) is 4.90 Å². The Bertz CT molecular complexity index is 1040. The monoisotopic (exact) mass is 372 g/mol. The van der Waals surface area contributed by atoms with Gasteiger partial charge in [-0.15, -0.1) is 0 Å². The van der Waals surface area contributed by atoms with Crippen LogP contribution in [0.3, 0.4) is 0 Å². The van der Waals surface area contributed by atoms with E-state index in [2.05, 4.69) is 0 Å². The van der Waals surface area contributed by atoms with Crippen molar-refractivity contribution >= 4 is 26.2 Å². The largest absolute Gasteiger partial charge is 0.478 e. The van der Waals surface area contributed by atoms with E-state index in [1.165, 1.54) is 19.1 Å². The average molecular weight is 372 g/mol. The molecule has 0 heterocycles. The highest BCUT2D eigenvalue weighted by molar-refractivity contribution is 7.86. The van der Waals surface area contributed by atoms with Crippen molar-refractivity contribution in [3.63, 3.8) is 0 Å². The molecule has 0 aromatic heterocycles. The topological polar surface area (TPSA) is 146 Å². The van der Waals surface area contributed by atoms with E-state index in [1.54, 1.807) is 0 Å². The predicted octanol–water partition coefficient (Wildman–Crippen LogP) is 1.85. The molecule has 0 saturated heterocycles. The molecule has 0 saturated carbocycles. The van der Waals surface area contributed by atoms with Crippen LogP contribution in [0, 0.1) is 6.92 Å². The highest BCUT2D eigenvalue weighted by Crippen LogP contribution is 2.34. The molecule has 0 unspecified atom stereocenters. The van der Waals surface area contributed by atoms with Crippen molar-refractivity contribution in [2.45, 2.75) is 16.7 Å². The highest BCUT2D eigenvalue weighted by atomic mass is 32.2. The second-order valence-corrected chi connectivity index (χ2v) is 7.72. The molecule has 0 amide bonds. The summed E-state index contributed by atoms with van der Waals surface area (Å²) in [6.07, 6.45) is 0. The van der Waals surface area contributed by atoms with E-state index in [9.17, 15) is 31.3 Å². The van der Waals surface area contributed by atoms with Crippen LogP contribution in [0.15, 0.2) is 46.2 Å². The molecular formula is C14H12O8S2. The van der Waals surface area contributed by atoms with Crippen molar-refractivity contribution in [3.05, 3.63) is 47.5 Å². The minimum absolute atomic E-state index is 0.0701. The lowest BCUT2D eigenvalue weighted by molar-refractivity contribution is 0.0697. The van der Waals surface area contributed by atoms with Crippen LogP contribution in [0.1, 0.15) is 15.9 Å². The van der Waals surface area contributed by atoms with Crippen LogP contribution in [-0.4, -0.2) is 37.0 Å². The third-order valence-electron chi connectivity index (χ3n) is 3.30. The van der Waals surface area contributed by atoms with Gasteiger partial charge in [-0.3, -0.25) is 9.11 Å². The number of benzene rings is 2. The lowest BCUT2D eigenvalue weighted by atomic mass is 9.96. The second kappa shape index (κ2) is 5.98. The molecule has 8 nitrogen and oxygen atoms in total. The fraction of sp³-hybridized carbons (Fsp3) is 0.0714. The number of aryl methyl sites for hydroxylation is 1. The Morgan fingerprint density at radius 1 is 0.958 bits per heavy atom. The molecule has 128 valence electrons. The van der Waals surface area contributed by atoms with E-state index in [4.69, 9.17) is 4.55 Å². The number of rotatable bonds is 4. The quantitative estimate of drug-likeness (QED) is 0.689. The Labute approximate surface area is 137 Å². The Morgan fingerprint density at radius 2 is 1.58 bits per heavy atom. The van der Waals surface area contributed by atoms with Crippen LogP contribution in [0.25, 0.3) is 11.1 Å². The van der Waals surface area contributed by atoms with Crippen LogP contribution >= 0.6 is 0 Å². The first kappa shape index (κ1) is 18.1. The van der Waals surface area contributed by atoms with Crippen LogP contribution in [-0.2, 0) is 20.2 Å². The van der Waals surface area contributed by atoms with Gasteiger partial charge in [0.05, 0.1) is 10.5 Å². The van der Waals surface area contributed by atoms with Crippen molar-refractivity contribution in [2.24, 2.45) is 0 Å². The van der Waals surface area contributed by atoms with Gasteiger partial charge in [-0.2, -0.15) is 16.8 Å². The lowest BCUT2D eigenvalue weighted by Crippen LogP contribution is -2.08. The number of hydrogen-bond acceptors (Lipinski definition) is 5. The van der Waals surface area contributed by atoms with Crippen LogP contribution in [0.2, 0.25) is 0 Å². The van der Waals surface area contributed by atoms with E-state index >= 15 is 0 Å². The third kappa shape index (κ3) is 3.46. The van der Waals surface area contributed by atoms with Crippen LogP contribution in [0.4, 0.5) is 0 Å². The molecular weight excluding hydrogens is 360 g/mol. The second-order valence-electron chi connectivity index (χ2n) is 4.91. The van der Waals surface area contributed by atoms with Gasteiger partial charge in [0.25, 0.3) is 20.2 Å². The van der Waals surface area contributed by atoms with Gasteiger partial charge in [-0.05, 0) is 36.2 Å². The molecule has 2 rings (SSSR count). The SMILES string of the molecule is Cc1cccc(S(=O)(=O)O)c1-c1ccc(S(=O)(=O)O)cc1C(=O)O. The van der Waals surface area contributed by atoms with E-state index in [0.29, 0.717) is 11.6 Å². The fourth-order valence-electron chi connectivity index (χ4n) is 2.28.